The fourth-order valence-electron chi connectivity index (χ4n) is 2.14. The molecule has 3 aromatic rings. The predicted octanol–water partition coefficient (Wildman–Crippen LogP) is 1.48. The SMILES string of the molecule is C[C@@H](NC(=O)c1nc[nH]c1C(=O)O)c1nc2ccccc2[nH]1. The third-order valence-electron chi connectivity index (χ3n) is 3.23. The Kier molecular flexibility index (Phi) is 3.34. The van der Waals surface area contributed by atoms with Crippen molar-refractivity contribution in [2.24, 2.45) is 0 Å². The molecule has 1 amide bonds. The predicted molar refractivity (Wildman–Crippen MR) is 77.5 cm³/mol. The third kappa shape index (κ3) is 2.41. The molecule has 0 spiro atoms. The van der Waals surface area contributed by atoms with Gasteiger partial charge in [0.05, 0.1) is 23.4 Å². The van der Waals surface area contributed by atoms with Gasteiger partial charge in [0.25, 0.3) is 5.91 Å². The van der Waals surface area contributed by atoms with Gasteiger partial charge in [0.15, 0.2) is 11.4 Å². The molecular formula is C14H13N5O3. The van der Waals surface area contributed by atoms with Crippen LogP contribution in [0.15, 0.2) is 30.6 Å². The van der Waals surface area contributed by atoms with Gasteiger partial charge in [-0.05, 0) is 19.1 Å². The number of amides is 1. The smallest absolute Gasteiger partial charge is 0.354 e. The zero-order valence-corrected chi connectivity index (χ0v) is 11.6. The number of aromatic carboxylic acids is 1. The van der Waals surface area contributed by atoms with Gasteiger partial charge in [0.2, 0.25) is 0 Å². The molecular weight excluding hydrogens is 286 g/mol. The fourth-order valence-corrected chi connectivity index (χ4v) is 2.14. The monoisotopic (exact) mass is 299 g/mol. The molecule has 8 nitrogen and oxygen atoms in total. The van der Waals surface area contributed by atoms with Crippen LogP contribution in [-0.2, 0) is 0 Å². The molecule has 8 heteroatoms. The van der Waals surface area contributed by atoms with Crippen molar-refractivity contribution in [2.45, 2.75) is 13.0 Å². The first kappa shape index (κ1) is 13.8. The zero-order chi connectivity index (χ0) is 15.7. The average molecular weight is 299 g/mol. The van der Waals surface area contributed by atoms with E-state index in [0.29, 0.717) is 5.82 Å². The topological polar surface area (TPSA) is 124 Å². The molecule has 1 aromatic carbocycles. The zero-order valence-electron chi connectivity index (χ0n) is 11.6. The number of fused-ring (bicyclic) bond motifs is 1. The normalized spacial score (nSPS) is 12.2. The molecule has 0 saturated heterocycles. The van der Waals surface area contributed by atoms with Crippen LogP contribution in [0.4, 0.5) is 0 Å². The molecule has 0 saturated carbocycles. The molecule has 0 aliphatic rings. The van der Waals surface area contributed by atoms with Gasteiger partial charge in [-0.2, -0.15) is 0 Å². The summed E-state index contributed by atoms with van der Waals surface area (Å²) in [5.74, 6) is -1.23. The Morgan fingerprint density at radius 3 is 2.82 bits per heavy atom. The molecule has 0 fully saturated rings. The molecule has 3 rings (SSSR count). The summed E-state index contributed by atoms with van der Waals surface area (Å²) >= 11 is 0. The maximum atomic E-state index is 12.1. The van der Waals surface area contributed by atoms with Crippen LogP contribution in [0.5, 0.6) is 0 Å². The molecule has 112 valence electrons. The number of rotatable bonds is 4. The van der Waals surface area contributed by atoms with Crippen molar-refractivity contribution in [2.75, 3.05) is 0 Å². The molecule has 0 unspecified atom stereocenters. The highest BCUT2D eigenvalue weighted by Gasteiger charge is 2.22. The first-order valence-electron chi connectivity index (χ1n) is 6.58. The largest absolute Gasteiger partial charge is 0.477 e. The number of H-pyrrole nitrogens is 2. The summed E-state index contributed by atoms with van der Waals surface area (Å²) in [4.78, 5) is 36.8. The fraction of sp³-hybridized carbons (Fsp3) is 0.143. The van der Waals surface area contributed by atoms with Gasteiger partial charge in [0, 0.05) is 0 Å². The van der Waals surface area contributed by atoms with E-state index in [4.69, 9.17) is 5.11 Å². The number of aromatic amines is 2. The number of nitrogens with one attached hydrogen (secondary N) is 3. The summed E-state index contributed by atoms with van der Waals surface area (Å²) in [5.41, 5.74) is 1.26. The van der Waals surface area contributed by atoms with Crippen molar-refractivity contribution >= 4 is 22.9 Å². The number of aromatic nitrogens is 4. The first-order chi connectivity index (χ1) is 10.6. The summed E-state index contributed by atoms with van der Waals surface area (Å²) in [6.45, 7) is 1.75. The van der Waals surface area contributed by atoms with E-state index in [0.717, 1.165) is 11.0 Å². The Hall–Kier alpha value is -3.16. The maximum absolute atomic E-state index is 12.1. The molecule has 4 N–H and O–H groups in total. The number of carbonyl (C=O) groups excluding carboxylic acids is 1. The summed E-state index contributed by atoms with van der Waals surface area (Å²) in [7, 11) is 0. The van der Waals surface area contributed by atoms with Crippen LogP contribution >= 0.6 is 0 Å². The highest BCUT2D eigenvalue weighted by Crippen LogP contribution is 2.16. The van der Waals surface area contributed by atoms with Gasteiger partial charge in [-0.25, -0.2) is 14.8 Å². The molecule has 22 heavy (non-hydrogen) atoms. The minimum atomic E-state index is -1.24. The Bertz CT molecular complexity index is 818. The molecule has 0 bridgehead atoms. The lowest BCUT2D eigenvalue weighted by atomic mass is 10.2. The average Bonchev–Trinajstić information content (AvgIpc) is 3.13. The van der Waals surface area contributed by atoms with E-state index < -0.39 is 17.9 Å². The minimum Gasteiger partial charge on any atom is -0.477 e. The molecule has 0 radical (unpaired) electrons. The first-order valence-corrected chi connectivity index (χ1v) is 6.58. The summed E-state index contributed by atoms with van der Waals surface area (Å²) in [6, 6.07) is 7.09. The van der Waals surface area contributed by atoms with E-state index >= 15 is 0 Å². The van der Waals surface area contributed by atoms with Gasteiger partial charge < -0.3 is 20.4 Å². The van der Waals surface area contributed by atoms with Crippen LogP contribution in [0, 0.1) is 0 Å². The number of carboxylic acid groups (broad SMARTS) is 1. The van der Waals surface area contributed by atoms with E-state index in [1.165, 1.54) is 6.33 Å². The summed E-state index contributed by atoms with van der Waals surface area (Å²) in [6.07, 6.45) is 1.17. The van der Waals surface area contributed by atoms with Crippen molar-refractivity contribution in [3.8, 4) is 0 Å². The quantitative estimate of drug-likeness (QED) is 0.581. The number of benzene rings is 1. The number of hydrogen-bond donors (Lipinski definition) is 4. The van der Waals surface area contributed by atoms with E-state index in [-0.39, 0.29) is 11.4 Å². The lowest BCUT2D eigenvalue weighted by Gasteiger charge is -2.10. The Labute approximate surface area is 124 Å². The van der Waals surface area contributed by atoms with Gasteiger partial charge in [-0.15, -0.1) is 0 Å². The highest BCUT2D eigenvalue weighted by atomic mass is 16.4. The van der Waals surface area contributed by atoms with Gasteiger partial charge in [-0.1, -0.05) is 12.1 Å². The van der Waals surface area contributed by atoms with Crippen molar-refractivity contribution in [3.05, 3.63) is 47.8 Å². The number of para-hydroxylation sites is 2. The van der Waals surface area contributed by atoms with E-state index in [1.54, 1.807) is 6.92 Å². The van der Waals surface area contributed by atoms with Gasteiger partial charge >= 0.3 is 5.97 Å². The number of hydrogen-bond acceptors (Lipinski definition) is 4. The van der Waals surface area contributed by atoms with Crippen molar-refractivity contribution in [1.29, 1.82) is 0 Å². The van der Waals surface area contributed by atoms with Crippen LogP contribution < -0.4 is 5.32 Å². The van der Waals surface area contributed by atoms with Crippen molar-refractivity contribution in [3.63, 3.8) is 0 Å². The number of nitrogens with zero attached hydrogens (tertiary/aromatic N) is 2. The van der Waals surface area contributed by atoms with Crippen molar-refractivity contribution in [1.82, 2.24) is 25.3 Å². The Morgan fingerprint density at radius 2 is 2.09 bits per heavy atom. The molecule has 0 aliphatic heterocycles. The van der Waals surface area contributed by atoms with Crippen LogP contribution in [0.25, 0.3) is 11.0 Å². The van der Waals surface area contributed by atoms with E-state index in [2.05, 4.69) is 25.3 Å². The third-order valence-corrected chi connectivity index (χ3v) is 3.23. The van der Waals surface area contributed by atoms with Crippen LogP contribution in [0.1, 0.15) is 39.8 Å². The highest BCUT2D eigenvalue weighted by molar-refractivity contribution is 6.02. The van der Waals surface area contributed by atoms with Crippen LogP contribution in [0.3, 0.4) is 0 Å². The molecule has 2 aromatic heterocycles. The van der Waals surface area contributed by atoms with E-state index in [9.17, 15) is 9.59 Å². The number of carbonyl (C=O) groups is 2. The van der Waals surface area contributed by atoms with Gasteiger partial charge in [0.1, 0.15) is 5.82 Å². The second-order valence-electron chi connectivity index (χ2n) is 4.77. The Balaban J connectivity index is 1.81. The number of carboxylic acids is 1. The molecule has 0 aliphatic carbocycles. The molecule has 1 atom stereocenters. The summed E-state index contributed by atoms with van der Waals surface area (Å²) in [5, 5.41) is 11.7. The van der Waals surface area contributed by atoms with Crippen LogP contribution in [-0.4, -0.2) is 36.9 Å². The second-order valence-corrected chi connectivity index (χ2v) is 4.77. The summed E-state index contributed by atoms with van der Waals surface area (Å²) < 4.78 is 0. The molecule has 2 heterocycles. The standard InChI is InChI=1S/C14H13N5O3/c1-7(12-18-8-4-2-3-5-9(8)19-12)17-13(20)10-11(14(21)22)16-6-15-10/h2-7H,1H3,(H,15,16)(H,17,20)(H,18,19)(H,21,22)/t7-/m1/s1. The van der Waals surface area contributed by atoms with Gasteiger partial charge in [-0.3, -0.25) is 4.79 Å². The van der Waals surface area contributed by atoms with Crippen molar-refractivity contribution < 1.29 is 14.7 Å². The van der Waals surface area contributed by atoms with Crippen LogP contribution in [0.2, 0.25) is 0 Å². The lowest BCUT2D eigenvalue weighted by molar-refractivity contribution is 0.0684. The minimum absolute atomic E-state index is 0.157. The second kappa shape index (κ2) is 5.32. The Morgan fingerprint density at radius 1 is 1.32 bits per heavy atom. The lowest BCUT2D eigenvalue weighted by Crippen LogP contribution is -2.29. The maximum Gasteiger partial charge on any atom is 0.354 e. The number of imidazole rings is 2. The van der Waals surface area contributed by atoms with E-state index in [1.807, 2.05) is 24.3 Å².